The standard InChI is InChI=1S/C12H12N4O3/c13-6-5-16(9(6)12(18)19)10-11(17)15-8-4-2-1-3-7(8)14-10/h1-4,6,9H,5,13H2,(H,15,17)(H,18,19)/t6-,9+/m1/s1. The van der Waals surface area contributed by atoms with E-state index in [4.69, 9.17) is 10.8 Å². The Morgan fingerprint density at radius 2 is 2.21 bits per heavy atom. The van der Waals surface area contributed by atoms with Crippen molar-refractivity contribution < 1.29 is 9.90 Å². The molecular formula is C12H12N4O3. The summed E-state index contributed by atoms with van der Waals surface area (Å²) in [5, 5.41) is 9.08. The number of benzene rings is 1. The van der Waals surface area contributed by atoms with Gasteiger partial charge in [0.25, 0.3) is 5.56 Å². The fourth-order valence-electron chi connectivity index (χ4n) is 2.28. The molecule has 7 heteroatoms. The van der Waals surface area contributed by atoms with Gasteiger partial charge < -0.3 is 20.7 Å². The third-order valence-electron chi connectivity index (χ3n) is 3.26. The summed E-state index contributed by atoms with van der Waals surface area (Å²) in [4.78, 5) is 31.4. The number of fused-ring (bicyclic) bond motifs is 1. The number of nitrogens with zero attached hydrogens (tertiary/aromatic N) is 2. The minimum Gasteiger partial charge on any atom is -0.480 e. The number of nitrogens with one attached hydrogen (secondary N) is 1. The molecule has 1 fully saturated rings. The van der Waals surface area contributed by atoms with Crippen LogP contribution in [0.25, 0.3) is 11.0 Å². The molecule has 1 saturated heterocycles. The zero-order chi connectivity index (χ0) is 13.6. The lowest BCUT2D eigenvalue weighted by molar-refractivity contribution is -0.140. The van der Waals surface area contributed by atoms with Crippen LogP contribution in [-0.4, -0.2) is 39.7 Å². The van der Waals surface area contributed by atoms with Crippen LogP contribution in [0.1, 0.15) is 0 Å². The Bertz CT molecular complexity index is 711. The minimum atomic E-state index is -1.05. The maximum Gasteiger partial charge on any atom is 0.328 e. The van der Waals surface area contributed by atoms with Crippen LogP contribution in [0, 0.1) is 0 Å². The Morgan fingerprint density at radius 3 is 2.89 bits per heavy atom. The first-order valence-corrected chi connectivity index (χ1v) is 5.82. The first-order chi connectivity index (χ1) is 9.08. The van der Waals surface area contributed by atoms with E-state index in [1.165, 1.54) is 4.90 Å². The van der Waals surface area contributed by atoms with Crippen molar-refractivity contribution in [2.75, 3.05) is 11.4 Å². The predicted octanol–water partition coefficient (Wildman–Crippen LogP) is -0.476. The van der Waals surface area contributed by atoms with Gasteiger partial charge in [-0.2, -0.15) is 0 Å². The van der Waals surface area contributed by atoms with Gasteiger partial charge >= 0.3 is 5.97 Å². The van der Waals surface area contributed by atoms with Gasteiger partial charge in [0, 0.05) is 6.54 Å². The Balaban J connectivity index is 2.08. The average molecular weight is 260 g/mol. The van der Waals surface area contributed by atoms with E-state index in [1.54, 1.807) is 24.3 Å². The highest BCUT2D eigenvalue weighted by Crippen LogP contribution is 2.22. The molecule has 1 aromatic carbocycles. The van der Waals surface area contributed by atoms with Gasteiger partial charge in [0.05, 0.1) is 17.1 Å². The highest BCUT2D eigenvalue weighted by Gasteiger charge is 2.43. The zero-order valence-electron chi connectivity index (χ0n) is 9.91. The molecule has 0 bridgehead atoms. The minimum absolute atomic E-state index is 0.104. The monoisotopic (exact) mass is 260 g/mol. The van der Waals surface area contributed by atoms with Gasteiger partial charge in [0.1, 0.15) is 6.04 Å². The van der Waals surface area contributed by atoms with E-state index in [9.17, 15) is 9.59 Å². The second kappa shape index (κ2) is 4.06. The summed E-state index contributed by atoms with van der Waals surface area (Å²) in [5.41, 5.74) is 6.48. The molecule has 0 unspecified atom stereocenters. The van der Waals surface area contributed by atoms with Crippen molar-refractivity contribution in [3.63, 3.8) is 0 Å². The highest BCUT2D eigenvalue weighted by molar-refractivity contribution is 5.82. The molecule has 98 valence electrons. The van der Waals surface area contributed by atoms with Crippen molar-refractivity contribution in [1.82, 2.24) is 9.97 Å². The second-order valence-electron chi connectivity index (χ2n) is 4.51. The lowest BCUT2D eigenvalue weighted by atomic mass is 9.97. The van der Waals surface area contributed by atoms with E-state index in [0.717, 1.165) is 0 Å². The van der Waals surface area contributed by atoms with Gasteiger partial charge in [-0.3, -0.25) is 4.79 Å². The topological polar surface area (TPSA) is 112 Å². The molecule has 0 amide bonds. The van der Waals surface area contributed by atoms with Crippen LogP contribution in [0.2, 0.25) is 0 Å². The number of aromatic nitrogens is 2. The average Bonchev–Trinajstić information content (AvgIpc) is 2.34. The van der Waals surface area contributed by atoms with Crippen molar-refractivity contribution in [2.24, 2.45) is 5.73 Å². The molecule has 2 aromatic rings. The predicted molar refractivity (Wildman–Crippen MR) is 69.1 cm³/mol. The smallest absolute Gasteiger partial charge is 0.328 e. The summed E-state index contributed by atoms with van der Waals surface area (Å²) in [7, 11) is 0. The molecule has 4 N–H and O–H groups in total. The number of carbonyl (C=O) groups is 1. The summed E-state index contributed by atoms with van der Waals surface area (Å²) in [6.45, 7) is 0.311. The van der Waals surface area contributed by atoms with Crippen molar-refractivity contribution in [2.45, 2.75) is 12.1 Å². The molecule has 2 atom stereocenters. The number of rotatable bonds is 2. The van der Waals surface area contributed by atoms with Crippen LogP contribution in [-0.2, 0) is 4.79 Å². The van der Waals surface area contributed by atoms with E-state index >= 15 is 0 Å². The molecule has 0 aliphatic carbocycles. The fourth-order valence-corrected chi connectivity index (χ4v) is 2.28. The summed E-state index contributed by atoms with van der Waals surface area (Å²) in [6, 6.07) is 5.71. The van der Waals surface area contributed by atoms with Crippen molar-refractivity contribution in [3.8, 4) is 0 Å². The van der Waals surface area contributed by atoms with Gasteiger partial charge in [-0.25, -0.2) is 9.78 Å². The van der Waals surface area contributed by atoms with Crippen LogP contribution >= 0.6 is 0 Å². The molecule has 0 spiro atoms. The first kappa shape index (κ1) is 11.7. The van der Waals surface area contributed by atoms with Gasteiger partial charge in [0.2, 0.25) is 0 Å². The summed E-state index contributed by atoms with van der Waals surface area (Å²) in [5.74, 6) is -0.944. The van der Waals surface area contributed by atoms with Crippen molar-refractivity contribution >= 4 is 22.8 Å². The number of hydrogen-bond donors (Lipinski definition) is 3. The van der Waals surface area contributed by atoms with E-state index in [1.807, 2.05) is 0 Å². The molecule has 1 aliphatic heterocycles. The Kier molecular flexibility index (Phi) is 2.49. The van der Waals surface area contributed by atoms with Gasteiger partial charge in [-0.15, -0.1) is 0 Å². The van der Waals surface area contributed by atoms with Gasteiger partial charge in [0.15, 0.2) is 5.82 Å². The second-order valence-corrected chi connectivity index (χ2v) is 4.51. The highest BCUT2D eigenvalue weighted by atomic mass is 16.4. The quantitative estimate of drug-likeness (QED) is 0.672. The molecule has 3 rings (SSSR count). The normalized spacial score (nSPS) is 22.3. The molecule has 2 heterocycles. The molecule has 7 nitrogen and oxygen atoms in total. The van der Waals surface area contributed by atoms with Crippen LogP contribution < -0.4 is 16.2 Å². The summed E-state index contributed by atoms with van der Waals surface area (Å²) >= 11 is 0. The maximum absolute atomic E-state index is 11.9. The summed E-state index contributed by atoms with van der Waals surface area (Å²) < 4.78 is 0. The van der Waals surface area contributed by atoms with Crippen LogP contribution in [0.3, 0.4) is 0 Å². The molecule has 0 radical (unpaired) electrons. The molecular weight excluding hydrogens is 248 g/mol. The lowest BCUT2D eigenvalue weighted by Gasteiger charge is -2.43. The van der Waals surface area contributed by atoms with Crippen molar-refractivity contribution in [3.05, 3.63) is 34.6 Å². The van der Waals surface area contributed by atoms with E-state index in [0.29, 0.717) is 17.6 Å². The van der Waals surface area contributed by atoms with Crippen LogP contribution in [0.4, 0.5) is 5.82 Å². The Morgan fingerprint density at radius 1 is 1.47 bits per heavy atom. The van der Waals surface area contributed by atoms with E-state index < -0.39 is 23.6 Å². The molecule has 1 aliphatic rings. The number of aromatic amines is 1. The number of anilines is 1. The Hall–Kier alpha value is -2.41. The van der Waals surface area contributed by atoms with Crippen molar-refractivity contribution in [1.29, 1.82) is 0 Å². The largest absolute Gasteiger partial charge is 0.480 e. The van der Waals surface area contributed by atoms with Crippen LogP contribution in [0.15, 0.2) is 29.1 Å². The third-order valence-corrected chi connectivity index (χ3v) is 3.26. The number of carboxylic acid groups (broad SMARTS) is 1. The van der Waals surface area contributed by atoms with E-state index in [2.05, 4.69) is 9.97 Å². The number of nitrogens with two attached hydrogens (primary N) is 1. The number of carboxylic acids is 1. The summed E-state index contributed by atoms with van der Waals surface area (Å²) in [6.07, 6.45) is 0. The maximum atomic E-state index is 11.9. The lowest BCUT2D eigenvalue weighted by Crippen LogP contribution is -2.68. The molecule has 0 saturated carbocycles. The van der Waals surface area contributed by atoms with Gasteiger partial charge in [-0.05, 0) is 12.1 Å². The number of aliphatic carboxylic acids is 1. The number of para-hydroxylation sites is 2. The third kappa shape index (κ3) is 1.75. The fraction of sp³-hybridized carbons (Fsp3) is 0.250. The molecule has 1 aromatic heterocycles. The SMILES string of the molecule is N[C@@H]1CN(c2nc3ccccc3[nH]c2=O)[C@@H]1C(=O)O. The zero-order valence-corrected chi connectivity index (χ0v) is 9.91. The van der Waals surface area contributed by atoms with Gasteiger partial charge in [-0.1, -0.05) is 12.1 Å². The molecule has 19 heavy (non-hydrogen) atoms. The first-order valence-electron chi connectivity index (χ1n) is 5.82. The number of H-pyrrole nitrogens is 1. The van der Waals surface area contributed by atoms with Crippen LogP contribution in [0.5, 0.6) is 0 Å². The Labute approximate surface area is 107 Å². The van der Waals surface area contributed by atoms with E-state index in [-0.39, 0.29) is 5.82 Å². The number of hydrogen-bond acceptors (Lipinski definition) is 5.